The van der Waals surface area contributed by atoms with Crippen molar-refractivity contribution in [2.24, 2.45) is 0 Å². The predicted molar refractivity (Wildman–Crippen MR) is 40.8 cm³/mol. The summed E-state index contributed by atoms with van der Waals surface area (Å²) in [6.07, 6.45) is 0.581. The first kappa shape index (κ1) is 8.84. The lowest BCUT2D eigenvalue weighted by Gasteiger charge is -2.04. The number of hydrogen-bond acceptors (Lipinski definition) is 1. The zero-order valence-electron chi connectivity index (χ0n) is 6.55. The van der Waals surface area contributed by atoms with E-state index in [1.165, 1.54) is 19.1 Å². The van der Waals surface area contributed by atoms with Crippen LogP contribution < -0.4 is 0 Å². The molecule has 0 spiro atoms. The summed E-state index contributed by atoms with van der Waals surface area (Å²) < 4.78 is 25.5. The average Bonchev–Trinajstić information content (AvgIpc) is 2.08. The van der Waals surface area contributed by atoms with Gasteiger partial charge in [0.05, 0.1) is 0 Å². The van der Waals surface area contributed by atoms with Gasteiger partial charge in [-0.2, -0.15) is 0 Å². The van der Waals surface area contributed by atoms with Crippen LogP contribution in [0, 0.1) is 11.6 Å². The normalized spacial score (nSPS) is 12.6. The van der Waals surface area contributed by atoms with Gasteiger partial charge >= 0.3 is 0 Å². The number of carbonyl (C=O) groups excluding carboxylic acids is 1. The molecule has 0 radical (unpaired) electrons. The molecule has 1 rings (SSSR count). The van der Waals surface area contributed by atoms with Crippen LogP contribution in [0.2, 0.25) is 0 Å². The van der Waals surface area contributed by atoms with E-state index >= 15 is 0 Å². The summed E-state index contributed by atoms with van der Waals surface area (Å²) in [5.74, 6) is -2.45. The van der Waals surface area contributed by atoms with Crippen molar-refractivity contribution in [3.05, 3.63) is 35.4 Å². The maximum atomic E-state index is 12.9. The predicted octanol–water partition coefficient (Wildman–Crippen LogP) is 2.27. The molecule has 0 aliphatic heterocycles. The molecule has 3 heteroatoms. The van der Waals surface area contributed by atoms with E-state index < -0.39 is 17.6 Å². The van der Waals surface area contributed by atoms with Crippen LogP contribution in [0.15, 0.2) is 18.2 Å². The first-order valence-electron chi connectivity index (χ1n) is 3.56. The largest absolute Gasteiger partial charge is 0.303 e. The summed E-state index contributed by atoms with van der Waals surface area (Å²) >= 11 is 0. The van der Waals surface area contributed by atoms with Gasteiger partial charge in [0.15, 0.2) is 11.6 Å². The molecule has 1 nitrogen and oxygen atoms in total. The second-order valence-electron chi connectivity index (χ2n) is 2.57. The second-order valence-corrected chi connectivity index (χ2v) is 2.57. The van der Waals surface area contributed by atoms with E-state index in [4.69, 9.17) is 0 Å². The standard InChI is InChI=1S/C9H8F2O/c1-6(5-12)7-3-2-4-8(10)9(7)11/h2-6H,1H3. The van der Waals surface area contributed by atoms with Crippen molar-refractivity contribution < 1.29 is 13.6 Å². The van der Waals surface area contributed by atoms with Gasteiger partial charge in [0.25, 0.3) is 0 Å². The van der Waals surface area contributed by atoms with Crippen molar-refractivity contribution >= 4 is 6.29 Å². The van der Waals surface area contributed by atoms with E-state index in [9.17, 15) is 13.6 Å². The zero-order chi connectivity index (χ0) is 9.14. The fourth-order valence-electron chi connectivity index (χ4n) is 0.945. The summed E-state index contributed by atoms with van der Waals surface area (Å²) in [4.78, 5) is 10.3. The molecular weight excluding hydrogens is 162 g/mol. The third kappa shape index (κ3) is 1.49. The highest BCUT2D eigenvalue weighted by molar-refractivity contribution is 5.61. The fourth-order valence-corrected chi connectivity index (χ4v) is 0.945. The number of benzene rings is 1. The maximum Gasteiger partial charge on any atom is 0.162 e. The summed E-state index contributed by atoms with van der Waals surface area (Å²) in [6, 6.07) is 3.81. The number of hydrogen-bond donors (Lipinski definition) is 0. The summed E-state index contributed by atoms with van der Waals surface area (Å²) in [5, 5.41) is 0. The van der Waals surface area contributed by atoms with Crippen LogP contribution >= 0.6 is 0 Å². The first-order chi connectivity index (χ1) is 5.66. The molecule has 1 unspecified atom stereocenters. The molecule has 0 fully saturated rings. The molecule has 0 aliphatic rings. The van der Waals surface area contributed by atoms with E-state index in [0.717, 1.165) is 6.07 Å². The molecule has 0 N–H and O–H groups in total. The Hall–Kier alpha value is -1.25. The summed E-state index contributed by atoms with van der Waals surface area (Å²) in [6.45, 7) is 1.52. The second kappa shape index (κ2) is 3.43. The lowest BCUT2D eigenvalue weighted by Crippen LogP contribution is -2.00. The van der Waals surface area contributed by atoms with Crippen molar-refractivity contribution in [3.8, 4) is 0 Å². The number of aldehydes is 1. The van der Waals surface area contributed by atoms with Gasteiger partial charge in [-0.1, -0.05) is 19.1 Å². The highest BCUT2D eigenvalue weighted by Gasteiger charge is 2.12. The molecule has 0 amide bonds. The van der Waals surface area contributed by atoms with Crippen LogP contribution in [0.1, 0.15) is 18.4 Å². The van der Waals surface area contributed by atoms with E-state index in [0.29, 0.717) is 6.29 Å². The van der Waals surface area contributed by atoms with Gasteiger partial charge < -0.3 is 4.79 Å². The molecule has 64 valence electrons. The minimum absolute atomic E-state index is 0.102. The molecule has 0 bridgehead atoms. The lowest BCUT2D eigenvalue weighted by atomic mass is 10.0. The number of rotatable bonds is 2. The molecule has 1 aromatic rings. The SMILES string of the molecule is CC(C=O)c1cccc(F)c1F. The molecule has 0 heterocycles. The van der Waals surface area contributed by atoms with Crippen LogP contribution in [0.5, 0.6) is 0 Å². The Bertz CT molecular complexity index is 297. The monoisotopic (exact) mass is 170 g/mol. The maximum absolute atomic E-state index is 12.9. The quantitative estimate of drug-likeness (QED) is 0.622. The van der Waals surface area contributed by atoms with E-state index in [1.54, 1.807) is 0 Å². The summed E-state index contributed by atoms with van der Waals surface area (Å²) in [5.41, 5.74) is 0.102. The van der Waals surface area contributed by atoms with Crippen LogP contribution in [-0.4, -0.2) is 6.29 Å². The van der Waals surface area contributed by atoms with Crippen molar-refractivity contribution in [1.82, 2.24) is 0 Å². The molecule has 0 aliphatic carbocycles. The summed E-state index contributed by atoms with van der Waals surface area (Å²) in [7, 11) is 0. The van der Waals surface area contributed by atoms with Gasteiger partial charge in [0.2, 0.25) is 0 Å². The third-order valence-electron chi connectivity index (χ3n) is 1.68. The van der Waals surface area contributed by atoms with Crippen LogP contribution in [-0.2, 0) is 4.79 Å². The number of halogens is 2. The van der Waals surface area contributed by atoms with E-state index in [-0.39, 0.29) is 5.56 Å². The van der Waals surface area contributed by atoms with Gasteiger partial charge in [-0.3, -0.25) is 0 Å². The molecule has 0 saturated carbocycles. The van der Waals surface area contributed by atoms with Crippen molar-refractivity contribution in [1.29, 1.82) is 0 Å². The first-order valence-corrected chi connectivity index (χ1v) is 3.56. The molecule has 1 aromatic carbocycles. The Kier molecular flexibility index (Phi) is 2.53. The van der Waals surface area contributed by atoms with Crippen molar-refractivity contribution in [2.45, 2.75) is 12.8 Å². The molecule has 0 saturated heterocycles. The van der Waals surface area contributed by atoms with Gasteiger partial charge in [-0.15, -0.1) is 0 Å². The van der Waals surface area contributed by atoms with Gasteiger partial charge in [0.1, 0.15) is 6.29 Å². The average molecular weight is 170 g/mol. The minimum Gasteiger partial charge on any atom is -0.303 e. The Morgan fingerprint density at radius 2 is 2.08 bits per heavy atom. The highest BCUT2D eigenvalue weighted by atomic mass is 19.2. The Morgan fingerprint density at radius 3 is 2.67 bits per heavy atom. The zero-order valence-corrected chi connectivity index (χ0v) is 6.55. The highest BCUT2D eigenvalue weighted by Crippen LogP contribution is 2.18. The van der Waals surface area contributed by atoms with Gasteiger partial charge in [0, 0.05) is 11.5 Å². The number of carbonyl (C=O) groups is 1. The van der Waals surface area contributed by atoms with Gasteiger partial charge in [-0.25, -0.2) is 8.78 Å². The minimum atomic E-state index is -0.933. The molecular formula is C9H8F2O. The topological polar surface area (TPSA) is 17.1 Å². The van der Waals surface area contributed by atoms with Gasteiger partial charge in [-0.05, 0) is 6.07 Å². The van der Waals surface area contributed by atoms with Crippen LogP contribution in [0.25, 0.3) is 0 Å². The van der Waals surface area contributed by atoms with E-state index in [2.05, 4.69) is 0 Å². The Morgan fingerprint density at radius 1 is 1.42 bits per heavy atom. The molecule has 0 aromatic heterocycles. The fraction of sp³-hybridized carbons (Fsp3) is 0.222. The van der Waals surface area contributed by atoms with Crippen LogP contribution in [0.3, 0.4) is 0 Å². The Labute approximate surface area is 69.0 Å². The van der Waals surface area contributed by atoms with Crippen molar-refractivity contribution in [2.75, 3.05) is 0 Å². The smallest absolute Gasteiger partial charge is 0.162 e. The van der Waals surface area contributed by atoms with Crippen molar-refractivity contribution in [3.63, 3.8) is 0 Å². The van der Waals surface area contributed by atoms with Crippen LogP contribution in [0.4, 0.5) is 8.78 Å². The molecule has 12 heavy (non-hydrogen) atoms. The lowest BCUT2D eigenvalue weighted by molar-refractivity contribution is -0.108. The van der Waals surface area contributed by atoms with E-state index in [1.807, 2.05) is 0 Å². The third-order valence-corrected chi connectivity index (χ3v) is 1.68. The Balaban J connectivity index is 3.15. The molecule has 1 atom stereocenters.